The molecule has 0 radical (unpaired) electrons. The Balaban J connectivity index is 1.88. The van der Waals surface area contributed by atoms with Gasteiger partial charge in [0.1, 0.15) is 5.82 Å². The number of carbonyl (C=O) groups is 1. The van der Waals surface area contributed by atoms with E-state index in [4.69, 9.17) is 4.74 Å². The number of amides is 2. The Morgan fingerprint density at radius 1 is 1.56 bits per heavy atom. The van der Waals surface area contributed by atoms with E-state index in [0.717, 1.165) is 13.1 Å². The van der Waals surface area contributed by atoms with Gasteiger partial charge in [0.05, 0.1) is 7.11 Å². The summed E-state index contributed by atoms with van der Waals surface area (Å²) in [6, 6.07) is 2.16. The van der Waals surface area contributed by atoms with Crippen LogP contribution in [0.1, 0.15) is 0 Å². The second-order valence-corrected chi connectivity index (χ2v) is 4.38. The predicted octanol–water partition coefficient (Wildman–Crippen LogP) is 0.263. The summed E-state index contributed by atoms with van der Waals surface area (Å²) in [4.78, 5) is 23.6. The summed E-state index contributed by atoms with van der Waals surface area (Å²) >= 11 is 0. The van der Waals surface area contributed by atoms with E-state index < -0.39 is 0 Å². The molecule has 0 aliphatic carbocycles. The second-order valence-electron chi connectivity index (χ2n) is 4.38. The number of urea groups is 1. The van der Waals surface area contributed by atoms with Crippen molar-refractivity contribution in [3.63, 3.8) is 0 Å². The Hall–Kier alpha value is -1.89. The third-order valence-electron chi connectivity index (χ3n) is 2.93. The average molecular weight is 251 g/mol. The number of hydrogen-bond donors (Lipinski definition) is 1. The van der Waals surface area contributed by atoms with Gasteiger partial charge in [-0.2, -0.15) is 4.98 Å². The first-order valence-corrected chi connectivity index (χ1v) is 5.69. The molecule has 7 heteroatoms. The molecule has 1 N–H and O–H groups in total. The molecule has 2 rings (SSSR count). The van der Waals surface area contributed by atoms with Crippen LogP contribution in [0.3, 0.4) is 0 Å². The number of methoxy groups -OCH3 is 1. The molecule has 0 atom stereocenters. The summed E-state index contributed by atoms with van der Waals surface area (Å²) in [5, 5.41) is 2.72. The fraction of sp³-hybridized carbons (Fsp3) is 0.545. The molecule has 2 heterocycles. The Morgan fingerprint density at radius 3 is 2.89 bits per heavy atom. The monoisotopic (exact) mass is 251 g/mol. The number of aromatic nitrogens is 2. The van der Waals surface area contributed by atoms with E-state index in [0.29, 0.717) is 11.9 Å². The summed E-state index contributed by atoms with van der Waals surface area (Å²) in [5.74, 6) is 0.445. The number of likely N-dealkylation sites (tertiary alicyclic amines) is 1. The number of hydrogen-bond acceptors (Lipinski definition) is 5. The molecule has 1 aromatic rings. The number of nitrogens with one attached hydrogen (secondary N) is 1. The minimum Gasteiger partial charge on any atom is -0.467 e. The van der Waals surface area contributed by atoms with E-state index in [2.05, 4.69) is 20.2 Å². The van der Waals surface area contributed by atoms with Crippen molar-refractivity contribution < 1.29 is 9.53 Å². The van der Waals surface area contributed by atoms with Gasteiger partial charge in [-0.3, -0.25) is 5.32 Å². The Kier molecular flexibility index (Phi) is 3.61. The lowest BCUT2D eigenvalue weighted by atomic mass is 10.1. The van der Waals surface area contributed by atoms with Crippen molar-refractivity contribution >= 4 is 11.8 Å². The lowest BCUT2D eigenvalue weighted by Crippen LogP contribution is -2.60. The van der Waals surface area contributed by atoms with Gasteiger partial charge in [-0.1, -0.05) is 0 Å². The molecule has 0 aromatic carbocycles. The maximum absolute atomic E-state index is 11.9. The van der Waals surface area contributed by atoms with Crippen molar-refractivity contribution in [3.8, 4) is 6.01 Å². The second kappa shape index (κ2) is 5.18. The Labute approximate surface area is 106 Å². The molecule has 0 unspecified atom stereocenters. The van der Waals surface area contributed by atoms with Gasteiger partial charge in [-0.15, -0.1) is 0 Å². The molecule has 0 saturated carbocycles. The van der Waals surface area contributed by atoms with Gasteiger partial charge < -0.3 is 14.5 Å². The van der Waals surface area contributed by atoms with Gasteiger partial charge >= 0.3 is 12.0 Å². The van der Waals surface area contributed by atoms with Crippen LogP contribution in [-0.2, 0) is 0 Å². The number of nitrogens with zero attached hydrogens (tertiary/aromatic N) is 4. The molecule has 1 aliphatic rings. The van der Waals surface area contributed by atoms with Gasteiger partial charge in [-0.05, 0) is 20.2 Å². The summed E-state index contributed by atoms with van der Waals surface area (Å²) in [6.07, 6.45) is 1.54. The molecule has 0 spiro atoms. The van der Waals surface area contributed by atoms with E-state index in [-0.39, 0.29) is 12.0 Å². The van der Waals surface area contributed by atoms with Crippen LogP contribution in [0.15, 0.2) is 12.3 Å². The van der Waals surface area contributed by atoms with Crippen LogP contribution in [0.5, 0.6) is 6.01 Å². The van der Waals surface area contributed by atoms with Gasteiger partial charge in [0, 0.05) is 25.3 Å². The standard InChI is InChI=1S/C11H17N5O2/c1-15(2)8-6-16(7-8)11(17)14-9-4-5-12-10(13-9)18-3/h4-5,8H,6-7H2,1-3H3,(H,12,13,14,17). The first kappa shape index (κ1) is 12.6. The maximum atomic E-state index is 11.9. The van der Waals surface area contributed by atoms with E-state index in [1.807, 2.05) is 14.1 Å². The van der Waals surface area contributed by atoms with Gasteiger partial charge in [0.2, 0.25) is 0 Å². The van der Waals surface area contributed by atoms with Crippen LogP contribution in [-0.4, -0.2) is 66.1 Å². The fourth-order valence-corrected chi connectivity index (χ4v) is 1.65. The Morgan fingerprint density at radius 2 is 2.28 bits per heavy atom. The van der Waals surface area contributed by atoms with Crippen molar-refractivity contribution in [1.82, 2.24) is 19.8 Å². The van der Waals surface area contributed by atoms with Gasteiger partial charge in [0.25, 0.3) is 0 Å². The van der Waals surface area contributed by atoms with Crippen LogP contribution < -0.4 is 10.1 Å². The highest BCUT2D eigenvalue weighted by molar-refractivity contribution is 5.88. The lowest BCUT2D eigenvalue weighted by Gasteiger charge is -2.42. The van der Waals surface area contributed by atoms with Crippen molar-refractivity contribution in [1.29, 1.82) is 0 Å². The highest BCUT2D eigenvalue weighted by Gasteiger charge is 2.31. The average Bonchev–Trinajstić information content (AvgIpc) is 2.26. The van der Waals surface area contributed by atoms with E-state index in [9.17, 15) is 4.79 Å². The van der Waals surface area contributed by atoms with Gasteiger partial charge in [-0.25, -0.2) is 9.78 Å². The Bertz CT molecular complexity index is 431. The largest absolute Gasteiger partial charge is 0.467 e. The zero-order valence-corrected chi connectivity index (χ0v) is 10.8. The van der Waals surface area contributed by atoms with E-state index in [1.54, 1.807) is 17.2 Å². The lowest BCUT2D eigenvalue weighted by molar-refractivity contribution is 0.0942. The molecule has 18 heavy (non-hydrogen) atoms. The highest BCUT2D eigenvalue weighted by Crippen LogP contribution is 2.14. The van der Waals surface area contributed by atoms with Crippen LogP contribution in [0.4, 0.5) is 10.6 Å². The molecular formula is C11H17N5O2. The van der Waals surface area contributed by atoms with Crippen LogP contribution in [0, 0.1) is 0 Å². The minimum absolute atomic E-state index is 0.145. The first-order valence-electron chi connectivity index (χ1n) is 5.69. The zero-order valence-electron chi connectivity index (χ0n) is 10.8. The summed E-state index contributed by atoms with van der Waals surface area (Å²) in [5.41, 5.74) is 0. The minimum atomic E-state index is -0.145. The van der Waals surface area contributed by atoms with Crippen LogP contribution in [0.2, 0.25) is 0 Å². The summed E-state index contributed by atoms with van der Waals surface area (Å²) in [7, 11) is 5.50. The van der Waals surface area contributed by atoms with E-state index >= 15 is 0 Å². The van der Waals surface area contributed by atoms with E-state index in [1.165, 1.54) is 7.11 Å². The molecule has 2 amide bonds. The maximum Gasteiger partial charge on any atom is 0.323 e. The fourth-order valence-electron chi connectivity index (χ4n) is 1.65. The third kappa shape index (κ3) is 2.67. The summed E-state index contributed by atoms with van der Waals surface area (Å²) < 4.78 is 4.89. The number of rotatable bonds is 3. The highest BCUT2D eigenvalue weighted by atomic mass is 16.5. The molecule has 1 saturated heterocycles. The molecular weight excluding hydrogens is 234 g/mol. The number of anilines is 1. The molecule has 7 nitrogen and oxygen atoms in total. The van der Waals surface area contributed by atoms with Crippen LogP contribution >= 0.6 is 0 Å². The van der Waals surface area contributed by atoms with Crippen LogP contribution in [0.25, 0.3) is 0 Å². The van der Waals surface area contributed by atoms with Crippen molar-refractivity contribution in [3.05, 3.63) is 12.3 Å². The smallest absolute Gasteiger partial charge is 0.323 e. The van der Waals surface area contributed by atoms with Crippen molar-refractivity contribution in [2.45, 2.75) is 6.04 Å². The molecule has 1 aromatic heterocycles. The summed E-state index contributed by atoms with van der Waals surface area (Å²) in [6.45, 7) is 1.47. The molecule has 98 valence electrons. The number of carbonyl (C=O) groups excluding carboxylic acids is 1. The quantitative estimate of drug-likeness (QED) is 0.834. The van der Waals surface area contributed by atoms with Gasteiger partial charge in [0.15, 0.2) is 0 Å². The SMILES string of the molecule is COc1nccc(NC(=O)N2CC(N(C)C)C2)n1. The normalized spacial score (nSPS) is 15.4. The molecule has 0 bridgehead atoms. The molecule has 1 fully saturated rings. The third-order valence-corrected chi connectivity index (χ3v) is 2.93. The van der Waals surface area contributed by atoms with Crippen molar-refractivity contribution in [2.24, 2.45) is 0 Å². The predicted molar refractivity (Wildman–Crippen MR) is 66.7 cm³/mol. The first-order chi connectivity index (χ1) is 8.60. The zero-order chi connectivity index (χ0) is 13.1. The van der Waals surface area contributed by atoms with Crippen molar-refractivity contribution in [2.75, 3.05) is 39.6 Å². The topological polar surface area (TPSA) is 70.6 Å². The molecule has 1 aliphatic heterocycles. The number of ether oxygens (including phenoxy) is 1. The number of likely N-dealkylation sites (N-methyl/N-ethyl adjacent to an activating group) is 1.